The van der Waals surface area contributed by atoms with Gasteiger partial charge in [-0.25, -0.2) is 0 Å². The molecule has 5 aromatic rings. The van der Waals surface area contributed by atoms with E-state index in [0.29, 0.717) is 5.82 Å². The highest BCUT2D eigenvalue weighted by molar-refractivity contribution is 6.59. The van der Waals surface area contributed by atoms with Crippen molar-refractivity contribution in [2.75, 3.05) is 11.9 Å². The second kappa shape index (κ2) is 18.6. The first-order valence-corrected chi connectivity index (χ1v) is 18.5. The largest absolute Gasteiger partial charge is 0.573 e. The summed E-state index contributed by atoms with van der Waals surface area (Å²) in [5.41, 5.74) is 1.71. The van der Waals surface area contributed by atoms with Crippen LogP contribution in [0.15, 0.2) is 109 Å². The number of nitrogens with zero attached hydrogens (tertiary/aromatic N) is 3. The number of rotatable bonds is 12. The molecular weight excluding hydrogens is 781 g/mol. The van der Waals surface area contributed by atoms with Crippen molar-refractivity contribution in [2.24, 2.45) is 0 Å². The average molecular weight is 827 g/mol. The molecule has 10 nitrogen and oxygen atoms in total. The Hall–Kier alpha value is -5.52. The van der Waals surface area contributed by atoms with Gasteiger partial charge in [-0.2, -0.15) is 0 Å². The lowest BCUT2D eigenvalue weighted by molar-refractivity contribution is -0.275. The molecule has 1 aliphatic rings. The SMILES string of the molecule is CN(c1ccc(-c2ccc(OCc3ccccc3)cc2OC(F)(F)F)nn1)C1CC(C)(C)NC(C)(C)C1.OB(O)c1ccc(OCc2ccccc2)cc1OC(F)(F)F. The first-order valence-electron chi connectivity index (χ1n) is 18.5. The Morgan fingerprint density at radius 3 is 1.64 bits per heavy atom. The standard InChI is InChI=1S/C28H33F3N4O2.C14H12BF3O4/c1-26(2)16-20(17-27(3,4)34-26)35(5)25-14-13-23(32-33-25)22-12-11-21(15-24(22)37-28(29,30)31)36-18-19-9-7-6-8-10-19;16-14(17,18)22-13-8-11(6-7-12(13)15(19)20)21-9-10-4-2-1-3-5-10/h6-15,20,34H,16-18H2,1-5H3;1-8,19-20H,9H2. The van der Waals surface area contributed by atoms with Gasteiger partial charge in [-0.3, -0.25) is 0 Å². The molecule has 1 aromatic heterocycles. The van der Waals surface area contributed by atoms with Crippen LogP contribution in [0.2, 0.25) is 0 Å². The lowest BCUT2D eigenvalue weighted by Crippen LogP contribution is -2.62. The number of benzene rings is 4. The van der Waals surface area contributed by atoms with Crippen molar-refractivity contribution >= 4 is 18.4 Å². The highest BCUT2D eigenvalue weighted by Gasteiger charge is 2.40. The first-order chi connectivity index (χ1) is 27.7. The summed E-state index contributed by atoms with van der Waals surface area (Å²) in [7, 11) is -0.108. The second-order valence-electron chi connectivity index (χ2n) is 15.2. The fourth-order valence-corrected chi connectivity index (χ4v) is 6.91. The van der Waals surface area contributed by atoms with Gasteiger partial charge in [0.15, 0.2) is 5.82 Å². The van der Waals surface area contributed by atoms with E-state index in [0.717, 1.165) is 36.1 Å². The van der Waals surface area contributed by atoms with Crippen LogP contribution in [0.25, 0.3) is 11.3 Å². The molecule has 1 fully saturated rings. The molecule has 59 heavy (non-hydrogen) atoms. The van der Waals surface area contributed by atoms with Gasteiger partial charge in [0.2, 0.25) is 0 Å². The first kappa shape index (κ1) is 44.6. The van der Waals surface area contributed by atoms with Crippen LogP contribution < -0.4 is 34.6 Å². The lowest BCUT2D eigenvalue weighted by Gasteiger charge is -2.49. The van der Waals surface area contributed by atoms with Crippen LogP contribution >= 0.6 is 0 Å². The summed E-state index contributed by atoms with van der Waals surface area (Å²) in [5.74, 6) is -0.0773. The van der Waals surface area contributed by atoms with E-state index in [2.05, 4.69) is 57.6 Å². The molecule has 1 aliphatic heterocycles. The lowest BCUT2D eigenvalue weighted by atomic mass is 9.79. The fraction of sp³-hybridized carbons (Fsp3) is 0.333. The smallest absolute Gasteiger partial charge is 0.489 e. The number of alkyl halides is 6. The van der Waals surface area contributed by atoms with Crippen molar-refractivity contribution in [3.05, 3.63) is 120 Å². The van der Waals surface area contributed by atoms with Crippen LogP contribution in [0.1, 0.15) is 51.7 Å². The molecule has 0 amide bonds. The zero-order valence-electron chi connectivity index (χ0n) is 33.0. The predicted molar refractivity (Wildman–Crippen MR) is 211 cm³/mol. The van der Waals surface area contributed by atoms with E-state index < -0.39 is 36.8 Å². The molecule has 3 N–H and O–H groups in total. The third-order valence-corrected chi connectivity index (χ3v) is 9.17. The molecule has 0 atom stereocenters. The van der Waals surface area contributed by atoms with E-state index >= 15 is 0 Å². The van der Waals surface area contributed by atoms with Crippen molar-refractivity contribution in [1.29, 1.82) is 0 Å². The molecule has 2 heterocycles. The molecule has 0 bridgehead atoms. The highest BCUT2D eigenvalue weighted by Crippen LogP contribution is 2.37. The summed E-state index contributed by atoms with van der Waals surface area (Å²) in [6.45, 7) is 9.10. The summed E-state index contributed by atoms with van der Waals surface area (Å²) in [6, 6.07) is 29.8. The summed E-state index contributed by atoms with van der Waals surface area (Å²) in [4.78, 5) is 2.09. The summed E-state index contributed by atoms with van der Waals surface area (Å²) in [5, 5.41) is 30.4. The second-order valence-corrected chi connectivity index (χ2v) is 15.2. The Labute approximate surface area is 338 Å². The van der Waals surface area contributed by atoms with Crippen LogP contribution in [-0.4, -0.2) is 64.3 Å². The summed E-state index contributed by atoms with van der Waals surface area (Å²) < 4.78 is 95.8. The van der Waals surface area contributed by atoms with Crippen molar-refractivity contribution in [2.45, 2.75) is 83.6 Å². The van der Waals surface area contributed by atoms with Crippen LogP contribution in [0, 0.1) is 0 Å². The average Bonchev–Trinajstić information content (AvgIpc) is 3.15. The van der Waals surface area contributed by atoms with E-state index in [4.69, 9.17) is 19.5 Å². The number of halogens is 6. The Morgan fingerprint density at radius 1 is 0.678 bits per heavy atom. The minimum Gasteiger partial charge on any atom is -0.489 e. The minimum atomic E-state index is -4.94. The van der Waals surface area contributed by atoms with E-state index in [9.17, 15) is 26.3 Å². The molecule has 0 spiro atoms. The highest BCUT2D eigenvalue weighted by atomic mass is 19.4. The maximum absolute atomic E-state index is 13.2. The Morgan fingerprint density at radius 2 is 1.17 bits per heavy atom. The molecule has 17 heteroatoms. The van der Waals surface area contributed by atoms with E-state index in [1.807, 2.05) is 55.6 Å². The van der Waals surface area contributed by atoms with Crippen molar-refractivity contribution in [3.8, 4) is 34.3 Å². The van der Waals surface area contributed by atoms with E-state index in [1.54, 1.807) is 30.3 Å². The van der Waals surface area contributed by atoms with E-state index in [-0.39, 0.29) is 53.1 Å². The third kappa shape index (κ3) is 13.8. The van der Waals surface area contributed by atoms with Crippen LogP contribution in [0.5, 0.6) is 23.0 Å². The number of nitrogens with one attached hydrogen (secondary N) is 1. The van der Waals surface area contributed by atoms with Crippen LogP contribution in [-0.2, 0) is 13.2 Å². The monoisotopic (exact) mass is 826 g/mol. The van der Waals surface area contributed by atoms with Gasteiger partial charge < -0.3 is 39.2 Å². The number of hydrogen-bond acceptors (Lipinski definition) is 10. The van der Waals surface area contributed by atoms with Gasteiger partial charge in [-0.05, 0) is 82.0 Å². The Bertz CT molecular complexity index is 2090. The minimum absolute atomic E-state index is 0.0395. The maximum Gasteiger partial charge on any atom is 0.573 e. The fourth-order valence-electron chi connectivity index (χ4n) is 6.91. The molecule has 314 valence electrons. The predicted octanol–water partition coefficient (Wildman–Crippen LogP) is 8.21. The van der Waals surface area contributed by atoms with Gasteiger partial charge in [-0.1, -0.05) is 66.7 Å². The summed E-state index contributed by atoms with van der Waals surface area (Å²) in [6.07, 6.45) is -7.97. The normalized spacial score (nSPS) is 15.0. The quantitative estimate of drug-likeness (QED) is 0.0840. The number of aromatic nitrogens is 2. The molecule has 6 rings (SSSR count). The number of hydrogen-bond donors (Lipinski definition) is 3. The topological polar surface area (TPSA) is 118 Å². The molecule has 0 aliphatic carbocycles. The number of anilines is 1. The number of piperidine rings is 1. The van der Waals surface area contributed by atoms with Crippen LogP contribution in [0.3, 0.4) is 0 Å². The van der Waals surface area contributed by atoms with Gasteiger partial charge in [0, 0.05) is 47.3 Å². The Balaban J connectivity index is 0.000000256. The summed E-state index contributed by atoms with van der Waals surface area (Å²) >= 11 is 0. The van der Waals surface area contributed by atoms with Crippen molar-refractivity contribution in [1.82, 2.24) is 15.5 Å². The maximum atomic E-state index is 13.2. The number of ether oxygens (including phenoxy) is 4. The van der Waals surface area contributed by atoms with Crippen molar-refractivity contribution < 1.29 is 55.3 Å². The van der Waals surface area contributed by atoms with E-state index in [1.165, 1.54) is 18.2 Å². The van der Waals surface area contributed by atoms with Crippen molar-refractivity contribution in [3.63, 3.8) is 0 Å². The Kier molecular flexibility index (Phi) is 14.1. The molecule has 1 saturated heterocycles. The van der Waals surface area contributed by atoms with Gasteiger partial charge in [0.25, 0.3) is 0 Å². The molecule has 0 unspecified atom stereocenters. The molecule has 0 saturated carbocycles. The van der Waals surface area contributed by atoms with Gasteiger partial charge >= 0.3 is 19.8 Å². The van der Waals surface area contributed by atoms with Gasteiger partial charge in [0.05, 0.1) is 5.69 Å². The zero-order chi connectivity index (χ0) is 43.0. The molecular formula is C42H45BF6N4O6. The van der Waals surface area contributed by atoms with Crippen LogP contribution in [0.4, 0.5) is 32.2 Å². The molecule has 0 radical (unpaired) electrons. The van der Waals surface area contributed by atoms with Gasteiger partial charge in [-0.15, -0.1) is 36.5 Å². The van der Waals surface area contributed by atoms with Gasteiger partial charge in [0.1, 0.15) is 36.2 Å². The molecule has 4 aromatic carbocycles. The zero-order valence-corrected chi connectivity index (χ0v) is 33.0. The third-order valence-electron chi connectivity index (χ3n) is 9.17.